The Morgan fingerprint density at radius 3 is 2.60 bits per heavy atom. The van der Waals surface area contributed by atoms with Gasteiger partial charge in [0, 0.05) is 29.9 Å². The van der Waals surface area contributed by atoms with Gasteiger partial charge < -0.3 is 0 Å². The van der Waals surface area contributed by atoms with Gasteiger partial charge in [0.25, 0.3) is 5.56 Å². The third-order valence-corrected chi connectivity index (χ3v) is 5.20. The normalized spacial score (nSPS) is 11.1. The van der Waals surface area contributed by atoms with E-state index in [-0.39, 0.29) is 5.56 Å². The molecule has 0 amide bonds. The van der Waals surface area contributed by atoms with Crippen LogP contribution in [0.3, 0.4) is 0 Å². The summed E-state index contributed by atoms with van der Waals surface area (Å²) >= 11 is 1.52. The Morgan fingerprint density at radius 1 is 1.08 bits per heavy atom. The number of benzene rings is 1. The molecule has 0 atom stereocenters. The van der Waals surface area contributed by atoms with Gasteiger partial charge in [-0.05, 0) is 36.6 Å². The van der Waals surface area contributed by atoms with Crippen molar-refractivity contribution in [1.29, 1.82) is 0 Å². The summed E-state index contributed by atoms with van der Waals surface area (Å²) in [5.74, 6) is 0. The molecule has 124 valence electrons. The molecule has 3 heterocycles. The van der Waals surface area contributed by atoms with Crippen LogP contribution >= 0.6 is 11.3 Å². The minimum Gasteiger partial charge on any atom is -0.298 e. The lowest BCUT2D eigenvalue weighted by Gasteiger charge is -2.06. The van der Waals surface area contributed by atoms with Gasteiger partial charge in [0.2, 0.25) is 0 Å². The van der Waals surface area contributed by atoms with Crippen LogP contribution in [0.25, 0.3) is 21.3 Å². The van der Waals surface area contributed by atoms with Crippen molar-refractivity contribution in [2.75, 3.05) is 0 Å². The summed E-state index contributed by atoms with van der Waals surface area (Å²) in [6.07, 6.45) is 5.97. The monoisotopic (exact) mass is 347 g/mol. The molecule has 25 heavy (non-hydrogen) atoms. The Labute approximate surface area is 149 Å². The van der Waals surface area contributed by atoms with Crippen molar-refractivity contribution in [2.24, 2.45) is 0 Å². The summed E-state index contributed by atoms with van der Waals surface area (Å²) in [7, 11) is 0. The molecule has 4 aromatic rings. The van der Waals surface area contributed by atoms with Crippen LogP contribution in [-0.2, 0) is 13.0 Å². The Kier molecular flexibility index (Phi) is 4.15. The number of aromatic nitrogens is 3. The SMILES string of the molecule is Cc1ccc(-c2csc3ncn(CCc4ccncc4)c(=O)c23)cc1. The highest BCUT2D eigenvalue weighted by atomic mass is 32.1. The first-order valence-electron chi connectivity index (χ1n) is 8.15. The van der Waals surface area contributed by atoms with E-state index >= 15 is 0 Å². The van der Waals surface area contributed by atoms with Crippen LogP contribution in [-0.4, -0.2) is 14.5 Å². The molecule has 5 heteroatoms. The molecule has 0 aliphatic heterocycles. The molecular formula is C20H17N3OS. The van der Waals surface area contributed by atoms with E-state index in [2.05, 4.69) is 41.2 Å². The van der Waals surface area contributed by atoms with Gasteiger partial charge in [-0.1, -0.05) is 29.8 Å². The number of aryl methyl sites for hydroxylation is 3. The van der Waals surface area contributed by atoms with Crippen LogP contribution in [0.4, 0.5) is 0 Å². The van der Waals surface area contributed by atoms with E-state index in [0.29, 0.717) is 11.9 Å². The quantitative estimate of drug-likeness (QED) is 0.559. The maximum absolute atomic E-state index is 13.0. The van der Waals surface area contributed by atoms with E-state index in [0.717, 1.165) is 27.9 Å². The predicted octanol–water partition coefficient (Wildman–Crippen LogP) is 4.07. The summed E-state index contributed by atoms with van der Waals surface area (Å²) < 4.78 is 1.70. The van der Waals surface area contributed by atoms with Crippen LogP contribution in [0, 0.1) is 6.92 Å². The second-order valence-electron chi connectivity index (χ2n) is 6.04. The van der Waals surface area contributed by atoms with E-state index in [1.807, 2.05) is 17.5 Å². The van der Waals surface area contributed by atoms with Crippen molar-refractivity contribution in [2.45, 2.75) is 19.9 Å². The first kappa shape index (κ1) is 15.7. The molecule has 0 unspecified atom stereocenters. The second-order valence-corrected chi connectivity index (χ2v) is 6.90. The lowest BCUT2D eigenvalue weighted by molar-refractivity contribution is 0.663. The molecule has 0 saturated carbocycles. The molecule has 0 spiro atoms. The summed E-state index contributed by atoms with van der Waals surface area (Å²) in [6.45, 7) is 2.66. The molecule has 4 nitrogen and oxygen atoms in total. The average Bonchev–Trinajstić information content (AvgIpc) is 3.08. The predicted molar refractivity (Wildman–Crippen MR) is 102 cm³/mol. The summed E-state index contributed by atoms with van der Waals surface area (Å²) in [4.78, 5) is 22.3. The van der Waals surface area contributed by atoms with Gasteiger partial charge in [-0.2, -0.15) is 0 Å². The average molecular weight is 347 g/mol. The van der Waals surface area contributed by atoms with Crippen molar-refractivity contribution < 1.29 is 0 Å². The topological polar surface area (TPSA) is 47.8 Å². The highest BCUT2D eigenvalue weighted by Crippen LogP contribution is 2.30. The van der Waals surface area contributed by atoms with Gasteiger partial charge >= 0.3 is 0 Å². The van der Waals surface area contributed by atoms with Crippen LogP contribution in [0.2, 0.25) is 0 Å². The number of thiophene rings is 1. The van der Waals surface area contributed by atoms with Gasteiger partial charge in [0.1, 0.15) is 4.83 Å². The number of nitrogens with zero attached hydrogens (tertiary/aromatic N) is 3. The summed E-state index contributed by atoms with van der Waals surface area (Å²) in [5, 5.41) is 2.74. The van der Waals surface area contributed by atoms with E-state index in [9.17, 15) is 4.79 Å². The number of rotatable bonds is 4. The van der Waals surface area contributed by atoms with Crippen molar-refractivity contribution >= 4 is 21.6 Å². The highest BCUT2D eigenvalue weighted by Gasteiger charge is 2.13. The molecule has 0 saturated heterocycles. The van der Waals surface area contributed by atoms with Gasteiger partial charge in [-0.15, -0.1) is 11.3 Å². The molecule has 0 bridgehead atoms. The zero-order valence-electron chi connectivity index (χ0n) is 13.8. The zero-order chi connectivity index (χ0) is 17.2. The first-order valence-corrected chi connectivity index (χ1v) is 9.03. The fourth-order valence-corrected chi connectivity index (χ4v) is 3.78. The number of hydrogen-bond acceptors (Lipinski definition) is 4. The lowest BCUT2D eigenvalue weighted by Crippen LogP contribution is -2.21. The van der Waals surface area contributed by atoms with Gasteiger partial charge in [0.15, 0.2) is 0 Å². The fraction of sp³-hybridized carbons (Fsp3) is 0.150. The number of pyridine rings is 1. The van der Waals surface area contributed by atoms with Crippen molar-refractivity contribution in [3.05, 3.63) is 82.0 Å². The highest BCUT2D eigenvalue weighted by molar-refractivity contribution is 7.17. The molecule has 0 fully saturated rings. The third-order valence-electron chi connectivity index (χ3n) is 4.31. The van der Waals surface area contributed by atoms with Crippen molar-refractivity contribution in [3.8, 4) is 11.1 Å². The number of fused-ring (bicyclic) bond motifs is 1. The maximum atomic E-state index is 13.0. The standard InChI is InChI=1S/C20H17N3OS/c1-14-2-4-16(5-3-14)17-12-25-19-18(17)20(24)23(13-22-19)11-8-15-6-9-21-10-7-15/h2-7,9-10,12-13H,8,11H2,1H3. The summed E-state index contributed by atoms with van der Waals surface area (Å²) in [6, 6.07) is 12.2. The first-order chi connectivity index (χ1) is 12.2. The van der Waals surface area contributed by atoms with E-state index in [4.69, 9.17) is 0 Å². The molecule has 3 aromatic heterocycles. The zero-order valence-corrected chi connectivity index (χ0v) is 14.7. The molecule has 0 N–H and O–H groups in total. The Morgan fingerprint density at radius 2 is 1.84 bits per heavy atom. The minimum absolute atomic E-state index is 0.0240. The minimum atomic E-state index is 0.0240. The molecule has 1 aromatic carbocycles. The molecular weight excluding hydrogens is 330 g/mol. The smallest absolute Gasteiger partial charge is 0.262 e. The molecule has 0 radical (unpaired) electrons. The largest absolute Gasteiger partial charge is 0.298 e. The van der Waals surface area contributed by atoms with E-state index < -0.39 is 0 Å². The lowest BCUT2D eigenvalue weighted by atomic mass is 10.1. The van der Waals surface area contributed by atoms with Crippen LogP contribution in [0.5, 0.6) is 0 Å². The molecule has 0 aliphatic rings. The van der Waals surface area contributed by atoms with Gasteiger partial charge in [-0.25, -0.2) is 4.98 Å². The number of hydrogen-bond donors (Lipinski definition) is 0. The van der Waals surface area contributed by atoms with E-state index in [1.165, 1.54) is 16.9 Å². The summed E-state index contributed by atoms with van der Waals surface area (Å²) in [5.41, 5.74) is 4.41. The van der Waals surface area contributed by atoms with E-state index in [1.54, 1.807) is 23.3 Å². The van der Waals surface area contributed by atoms with Crippen LogP contribution in [0.1, 0.15) is 11.1 Å². The molecule has 4 rings (SSSR count). The van der Waals surface area contributed by atoms with Crippen LogP contribution < -0.4 is 5.56 Å². The van der Waals surface area contributed by atoms with Crippen molar-refractivity contribution in [1.82, 2.24) is 14.5 Å². The third kappa shape index (κ3) is 3.10. The fourth-order valence-electron chi connectivity index (χ4n) is 2.87. The van der Waals surface area contributed by atoms with Crippen LogP contribution in [0.15, 0.2) is 65.3 Å². The molecule has 0 aliphatic carbocycles. The van der Waals surface area contributed by atoms with Crippen molar-refractivity contribution in [3.63, 3.8) is 0 Å². The maximum Gasteiger partial charge on any atom is 0.262 e. The van der Waals surface area contributed by atoms with Gasteiger partial charge in [0.05, 0.1) is 11.7 Å². The Bertz CT molecular complexity index is 1070. The Hall–Kier alpha value is -2.79. The van der Waals surface area contributed by atoms with Gasteiger partial charge in [-0.3, -0.25) is 14.3 Å². The Balaban J connectivity index is 1.73. The second kappa shape index (κ2) is 6.61.